The number of carbonyl (C=O) groups excluding carboxylic acids is 1. The van der Waals surface area contributed by atoms with Crippen molar-refractivity contribution in [2.24, 2.45) is 0 Å². The Balaban J connectivity index is 2.36. The highest BCUT2D eigenvalue weighted by Gasteiger charge is 2.44. The first-order valence-corrected chi connectivity index (χ1v) is 14.8. The fourth-order valence-electron chi connectivity index (χ4n) is 4.19. The molecule has 0 bridgehead atoms. The highest BCUT2D eigenvalue weighted by molar-refractivity contribution is 6.74. The normalized spacial score (nSPS) is 16.3. The Bertz CT molecular complexity index is 1140. The molecular weight excluding hydrogens is 476 g/mol. The molecule has 1 atom stereocenters. The van der Waals surface area contributed by atoms with Crippen LogP contribution in [0.15, 0.2) is 30.3 Å². The zero-order valence-electron chi connectivity index (χ0n) is 23.0. The van der Waals surface area contributed by atoms with Gasteiger partial charge in [-0.05, 0) is 54.0 Å². The van der Waals surface area contributed by atoms with Crippen LogP contribution in [0.25, 0.3) is 11.1 Å². The van der Waals surface area contributed by atoms with Crippen LogP contribution in [0, 0.1) is 0 Å². The lowest BCUT2D eigenvalue weighted by atomic mass is 9.94. The highest BCUT2D eigenvalue weighted by Crippen LogP contribution is 2.49. The van der Waals surface area contributed by atoms with Gasteiger partial charge in [0, 0.05) is 23.1 Å². The molecule has 0 spiro atoms. The van der Waals surface area contributed by atoms with Gasteiger partial charge in [0.25, 0.3) is 0 Å². The molecule has 0 radical (unpaired) electrons. The minimum Gasteiger partial charge on any atom is -0.497 e. The topological polar surface area (TPSA) is 72.5 Å². The number of ether oxygens (including phenoxy) is 5. The molecule has 0 saturated carbocycles. The minimum absolute atomic E-state index is 0.0205. The lowest BCUT2D eigenvalue weighted by Gasteiger charge is -2.39. The summed E-state index contributed by atoms with van der Waals surface area (Å²) in [5.74, 6) is 2.68. The second kappa shape index (κ2) is 10.6. The number of methoxy groups -OCH3 is 5. The van der Waals surface area contributed by atoms with E-state index in [9.17, 15) is 4.79 Å². The van der Waals surface area contributed by atoms with Crippen molar-refractivity contribution in [1.29, 1.82) is 0 Å². The highest BCUT2D eigenvalue weighted by atomic mass is 28.4. The SMILES string of the molecule is COc1ccc(OC)c(C2=C(c3cc(OC)c(OC)c(OC)c3)C(=O)CC2O[Si](C)(C)C(C)(C)C)c1. The first-order chi connectivity index (χ1) is 16.9. The average Bonchev–Trinajstić information content (AvgIpc) is 3.16. The van der Waals surface area contributed by atoms with Gasteiger partial charge in [-0.1, -0.05) is 20.8 Å². The van der Waals surface area contributed by atoms with E-state index >= 15 is 0 Å². The van der Waals surface area contributed by atoms with Gasteiger partial charge in [-0.15, -0.1) is 0 Å². The van der Waals surface area contributed by atoms with Crippen LogP contribution in [0.3, 0.4) is 0 Å². The van der Waals surface area contributed by atoms with Crippen LogP contribution in [0.2, 0.25) is 18.1 Å². The first-order valence-electron chi connectivity index (χ1n) is 11.9. The quantitative estimate of drug-likeness (QED) is 0.380. The summed E-state index contributed by atoms with van der Waals surface area (Å²) in [6.45, 7) is 10.9. The predicted octanol–water partition coefficient (Wildman–Crippen LogP) is 6.00. The minimum atomic E-state index is -2.23. The predicted molar refractivity (Wildman–Crippen MR) is 144 cm³/mol. The van der Waals surface area contributed by atoms with E-state index in [1.54, 1.807) is 47.7 Å². The Morgan fingerprint density at radius 1 is 0.806 bits per heavy atom. The summed E-state index contributed by atoms with van der Waals surface area (Å²) in [4.78, 5) is 13.7. The van der Waals surface area contributed by atoms with Crippen molar-refractivity contribution in [1.82, 2.24) is 0 Å². The van der Waals surface area contributed by atoms with Gasteiger partial charge in [-0.3, -0.25) is 4.79 Å². The fourth-order valence-corrected chi connectivity index (χ4v) is 5.46. The van der Waals surface area contributed by atoms with Gasteiger partial charge in [0.2, 0.25) is 5.75 Å². The van der Waals surface area contributed by atoms with E-state index in [0.29, 0.717) is 39.9 Å². The number of hydrogen-bond acceptors (Lipinski definition) is 7. The Kier molecular flexibility index (Phi) is 8.10. The summed E-state index contributed by atoms with van der Waals surface area (Å²) in [5.41, 5.74) is 2.74. The molecule has 3 rings (SSSR count). The molecule has 8 heteroatoms. The molecule has 0 amide bonds. The van der Waals surface area contributed by atoms with Gasteiger partial charge in [-0.25, -0.2) is 0 Å². The number of carbonyl (C=O) groups is 1. The smallest absolute Gasteiger partial charge is 0.203 e. The van der Waals surface area contributed by atoms with Crippen molar-refractivity contribution < 1.29 is 32.9 Å². The van der Waals surface area contributed by atoms with Crippen molar-refractivity contribution >= 4 is 25.2 Å². The van der Waals surface area contributed by atoms with E-state index in [0.717, 1.165) is 11.1 Å². The Labute approximate surface area is 215 Å². The molecule has 0 aromatic heterocycles. The fraction of sp³-hybridized carbons (Fsp3) is 0.464. The third-order valence-corrected chi connectivity index (χ3v) is 11.6. The van der Waals surface area contributed by atoms with Gasteiger partial charge >= 0.3 is 0 Å². The third-order valence-electron chi connectivity index (χ3n) is 7.13. The maximum atomic E-state index is 13.7. The van der Waals surface area contributed by atoms with Crippen molar-refractivity contribution in [3.05, 3.63) is 41.5 Å². The number of hydrogen-bond donors (Lipinski definition) is 0. The molecular formula is C28H38O7Si. The molecule has 1 aliphatic rings. The molecule has 2 aromatic carbocycles. The summed E-state index contributed by atoms with van der Waals surface area (Å²) >= 11 is 0. The molecule has 36 heavy (non-hydrogen) atoms. The largest absolute Gasteiger partial charge is 0.497 e. The first kappa shape index (κ1) is 27.6. The summed E-state index contributed by atoms with van der Waals surface area (Å²) in [5, 5.41) is -0.0328. The number of rotatable bonds is 9. The van der Waals surface area contributed by atoms with Crippen molar-refractivity contribution in [2.75, 3.05) is 35.5 Å². The monoisotopic (exact) mass is 514 g/mol. The standard InChI is InChI=1S/C28H38O7Si/c1-28(2,3)36(9,10)35-22-16-20(29)25(17-13-23(32-6)27(34-8)24(14-17)33-7)26(22)19-15-18(30-4)11-12-21(19)31-5/h11-15,22H,16H2,1-10H3. The maximum absolute atomic E-state index is 13.7. The zero-order chi connectivity index (χ0) is 26.8. The van der Waals surface area contributed by atoms with E-state index in [1.165, 1.54) is 0 Å². The maximum Gasteiger partial charge on any atom is 0.203 e. The van der Waals surface area contributed by atoms with Crippen LogP contribution in [0.5, 0.6) is 28.7 Å². The summed E-state index contributed by atoms with van der Waals surface area (Å²) in [7, 11) is 5.66. The van der Waals surface area contributed by atoms with Gasteiger partial charge in [0.15, 0.2) is 25.6 Å². The number of ketones is 1. The lowest BCUT2D eigenvalue weighted by molar-refractivity contribution is -0.114. The Morgan fingerprint density at radius 3 is 1.86 bits per heavy atom. The van der Waals surface area contributed by atoms with Crippen LogP contribution >= 0.6 is 0 Å². The van der Waals surface area contributed by atoms with E-state index < -0.39 is 14.4 Å². The molecule has 196 valence electrons. The average molecular weight is 515 g/mol. The van der Waals surface area contributed by atoms with Gasteiger partial charge < -0.3 is 28.1 Å². The summed E-state index contributed by atoms with van der Waals surface area (Å²) in [6, 6.07) is 9.18. The molecule has 0 aliphatic heterocycles. The molecule has 0 heterocycles. The van der Waals surface area contributed by atoms with Crippen LogP contribution in [-0.4, -0.2) is 55.8 Å². The van der Waals surface area contributed by atoms with Crippen molar-refractivity contribution in [2.45, 2.75) is 51.4 Å². The number of allylic oxidation sites excluding steroid dienone is 1. The van der Waals surface area contributed by atoms with Crippen molar-refractivity contribution in [3.63, 3.8) is 0 Å². The number of benzene rings is 2. The second-order valence-corrected chi connectivity index (χ2v) is 15.0. The van der Waals surface area contributed by atoms with Crippen LogP contribution in [0.1, 0.15) is 38.3 Å². The van der Waals surface area contributed by atoms with E-state index in [4.69, 9.17) is 28.1 Å². The second-order valence-electron chi connectivity index (χ2n) is 10.3. The zero-order valence-corrected chi connectivity index (χ0v) is 24.0. The molecule has 2 aromatic rings. The van der Waals surface area contributed by atoms with E-state index in [-0.39, 0.29) is 17.2 Å². The van der Waals surface area contributed by atoms with Gasteiger partial charge in [0.05, 0.1) is 41.7 Å². The van der Waals surface area contributed by atoms with Gasteiger partial charge in [-0.2, -0.15) is 0 Å². The van der Waals surface area contributed by atoms with E-state index in [2.05, 4.69) is 33.9 Å². The molecule has 0 fully saturated rings. The third kappa shape index (κ3) is 5.10. The van der Waals surface area contributed by atoms with Crippen molar-refractivity contribution in [3.8, 4) is 28.7 Å². The van der Waals surface area contributed by atoms with Crippen LogP contribution in [0.4, 0.5) is 0 Å². The number of Topliss-reactive ketones (excluding diaryl/α,β-unsaturated/α-hetero) is 1. The van der Waals surface area contributed by atoms with Gasteiger partial charge in [0.1, 0.15) is 11.5 Å². The molecule has 1 unspecified atom stereocenters. The summed E-state index contributed by atoms with van der Waals surface area (Å²) in [6.07, 6.45) is -0.206. The molecule has 0 N–H and O–H groups in total. The van der Waals surface area contributed by atoms with Crippen LogP contribution in [-0.2, 0) is 9.22 Å². The molecule has 7 nitrogen and oxygen atoms in total. The summed E-state index contributed by atoms with van der Waals surface area (Å²) < 4.78 is 34.8. The van der Waals surface area contributed by atoms with Crippen LogP contribution < -0.4 is 23.7 Å². The molecule has 0 saturated heterocycles. The lowest BCUT2D eigenvalue weighted by Crippen LogP contribution is -2.43. The Morgan fingerprint density at radius 2 is 1.39 bits per heavy atom. The molecule has 1 aliphatic carbocycles. The van der Waals surface area contributed by atoms with E-state index in [1.807, 2.05) is 18.2 Å². The Hall–Kier alpha value is -2.97.